The van der Waals surface area contributed by atoms with Crippen molar-refractivity contribution in [1.82, 2.24) is 15.5 Å². The third-order valence-electron chi connectivity index (χ3n) is 4.91. The fourth-order valence-corrected chi connectivity index (χ4v) is 3.52. The van der Waals surface area contributed by atoms with Gasteiger partial charge in [0, 0.05) is 43.5 Å². The Morgan fingerprint density at radius 2 is 2.11 bits per heavy atom. The molecule has 3 heterocycles. The van der Waals surface area contributed by atoms with Crippen molar-refractivity contribution in [3.8, 4) is 11.3 Å². The zero-order chi connectivity index (χ0) is 18.8. The maximum absolute atomic E-state index is 13.4. The topological polar surface area (TPSA) is 99.4 Å². The number of nitrogens with zero attached hydrogens (tertiary/aromatic N) is 3. The van der Waals surface area contributed by atoms with E-state index in [1.54, 1.807) is 18.3 Å². The van der Waals surface area contributed by atoms with Crippen LogP contribution in [0, 0.1) is 5.82 Å². The first-order chi connectivity index (χ1) is 13.1. The molecule has 2 aliphatic rings. The van der Waals surface area contributed by atoms with Gasteiger partial charge in [0.2, 0.25) is 5.91 Å². The number of aromatic amines is 1. The Morgan fingerprint density at radius 3 is 2.81 bits per heavy atom. The van der Waals surface area contributed by atoms with Crippen molar-refractivity contribution in [1.29, 1.82) is 0 Å². The van der Waals surface area contributed by atoms with Gasteiger partial charge < -0.3 is 16.0 Å². The predicted molar refractivity (Wildman–Crippen MR) is 103 cm³/mol. The summed E-state index contributed by atoms with van der Waals surface area (Å²) in [5.74, 6) is 0.124. The molecule has 0 bridgehead atoms. The lowest BCUT2D eigenvalue weighted by atomic mass is 9.96. The number of aliphatic imine (C=N–C) groups is 1. The average Bonchev–Trinajstić information content (AvgIpc) is 3.14. The molecule has 140 valence electrons. The van der Waals surface area contributed by atoms with Crippen LogP contribution in [0.15, 0.2) is 35.3 Å². The summed E-state index contributed by atoms with van der Waals surface area (Å²) in [5.41, 5.74) is 9.25. The molecule has 1 aromatic heterocycles. The minimum absolute atomic E-state index is 0.282. The number of halogens is 1. The smallest absolute Gasteiger partial charge is 0.236 e. The highest BCUT2D eigenvalue weighted by molar-refractivity contribution is 5.94. The van der Waals surface area contributed by atoms with E-state index in [1.807, 2.05) is 6.08 Å². The highest BCUT2D eigenvalue weighted by Gasteiger charge is 2.29. The minimum atomic E-state index is -0.417. The van der Waals surface area contributed by atoms with Gasteiger partial charge in [0.05, 0.1) is 5.69 Å². The third kappa shape index (κ3) is 3.48. The Balaban J connectivity index is 1.77. The first kappa shape index (κ1) is 17.4. The molecular formula is C19H21FN6O. The number of H-pyrrole nitrogens is 1. The van der Waals surface area contributed by atoms with Gasteiger partial charge in [-0.05, 0) is 42.3 Å². The molecule has 1 amide bonds. The Bertz CT molecular complexity index is 901. The molecule has 0 aliphatic carbocycles. The molecule has 1 saturated heterocycles. The summed E-state index contributed by atoms with van der Waals surface area (Å²) in [6, 6.07) is 5.92. The summed E-state index contributed by atoms with van der Waals surface area (Å²) in [6.45, 7) is 2.53. The van der Waals surface area contributed by atoms with Crippen molar-refractivity contribution in [3.05, 3.63) is 41.7 Å². The van der Waals surface area contributed by atoms with Gasteiger partial charge in [-0.1, -0.05) is 0 Å². The number of anilines is 1. The molecule has 2 aliphatic heterocycles. The molecular weight excluding hydrogens is 347 g/mol. The quantitative estimate of drug-likeness (QED) is 0.758. The molecule has 0 radical (unpaired) electrons. The van der Waals surface area contributed by atoms with Gasteiger partial charge in [-0.25, -0.2) is 4.39 Å². The maximum Gasteiger partial charge on any atom is 0.236 e. The summed E-state index contributed by atoms with van der Waals surface area (Å²) < 4.78 is 13.4. The van der Waals surface area contributed by atoms with Crippen molar-refractivity contribution in [2.75, 3.05) is 31.1 Å². The van der Waals surface area contributed by atoms with Gasteiger partial charge in [-0.15, -0.1) is 0 Å². The molecule has 27 heavy (non-hydrogen) atoms. The Kier molecular flexibility index (Phi) is 4.72. The van der Waals surface area contributed by atoms with E-state index >= 15 is 0 Å². The largest absolute Gasteiger partial charge is 0.368 e. The molecule has 1 unspecified atom stereocenters. The second kappa shape index (κ2) is 7.32. The fraction of sp³-hybridized carbons (Fsp3) is 0.316. The Labute approximate surface area is 156 Å². The van der Waals surface area contributed by atoms with Crippen molar-refractivity contribution in [2.24, 2.45) is 10.7 Å². The Hall–Kier alpha value is -3.00. The van der Waals surface area contributed by atoms with Crippen LogP contribution in [0.25, 0.3) is 16.8 Å². The molecule has 8 heteroatoms. The fourth-order valence-electron chi connectivity index (χ4n) is 3.52. The van der Waals surface area contributed by atoms with Crippen LogP contribution in [0.1, 0.15) is 12.0 Å². The molecule has 7 nitrogen and oxygen atoms in total. The van der Waals surface area contributed by atoms with E-state index in [0.717, 1.165) is 34.6 Å². The number of carbonyl (C=O) groups excluding carboxylic acids is 1. The Morgan fingerprint density at radius 1 is 1.30 bits per heavy atom. The van der Waals surface area contributed by atoms with Crippen LogP contribution >= 0.6 is 0 Å². The lowest BCUT2D eigenvalue weighted by Gasteiger charge is -2.33. The van der Waals surface area contributed by atoms with Gasteiger partial charge in [-0.2, -0.15) is 5.10 Å². The first-order valence-corrected chi connectivity index (χ1v) is 8.95. The number of amides is 1. The normalized spacial score (nSPS) is 19.8. The van der Waals surface area contributed by atoms with Crippen LogP contribution in [-0.4, -0.2) is 54.5 Å². The van der Waals surface area contributed by atoms with Crippen LogP contribution in [0.3, 0.4) is 0 Å². The lowest BCUT2D eigenvalue weighted by Crippen LogP contribution is -2.56. The molecule has 1 aromatic carbocycles. The maximum atomic E-state index is 13.4. The van der Waals surface area contributed by atoms with E-state index in [4.69, 9.17) is 5.73 Å². The molecule has 1 atom stereocenters. The standard InChI is InChI=1S/C19H21FN6O/c20-14-3-1-13(2-4-14)17-16(12-5-7-22-8-6-12)19(25-24-17)26-10-9-23-15(11-26)18(21)27/h1-5,7,15,23H,6,8-11H2,(H2,21,27)(H,24,25). The van der Waals surface area contributed by atoms with E-state index in [1.165, 1.54) is 12.1 Å². The van der Waals surface area contributed by atoms with Gasteiger partial charge >= 0.3 is 0 Å². The number of nitrogens with two attached hydrogens (primary N) is 1. The van der Waals surface area contributed by atoms with E-state index in [9.17, 15) is 9.18 Å². The molecule has 0 spiro atoms. The van der Waals surface area contributed by atoms with E-state index in [0.29, 0.717) is 26.2 Å². The number of carbonyl (C=O) groups is 1. The molecule has 0 saturated carbocycles. The van der Waals surface area contributed by atoms with Gasteiger partial charge in [0.1, 0.15) is 11.9 Å². The molecule has 1 fully saturated rings. The van der Waals surface area contributed by atoms with Crippen molar-refractivity contribution < 1.29 is 9.18 Å². The van der Waals surface area contributed by atoms with Crippen molar-refractivity contribution >= 4 is 23.5 Å². The highest BCUT2D eigenvalue weighted by Crippen LogP contribution is 2.37. The number of rotatable bonds is 4. The number of piperazine rings is 1. The second-order valence-corrected chi connectivity index (χ2v) is 6.66. The molecule has 4 N–H and O–H groups in total. The zero-order valence-electron chi connectivity index (χ0n) is 14.8. The number of allylic oxidation sites excluding steroid dienone is 1. The number of primary amides is 1. The summed E-state index contributed by atoms with van der Waals surface area (Å²) in [5, 5.41) is 10.8. The van der Waals surface area contributed by atoms with Crippen LogP contribution in [0.2, 0.25) is 0 Å². The van der Waals surface area contributed by atoms with Gasteiger partial charge in [0.25, 0.3) is 0 Å². The highest BCUT2D eigenvalue weighted by atomic mass is 19.1. The van der Waals surface area contributed by atoms with Crippen molar-refractivity contribution in [3.63, 3.8) is 0 Å². The van der Waals surface area contributed by atoms with Gasteiger partial charge in [0.15, 0.2) is 5.82 Å². The summed E-state index contributed by atoms with van der Waals surface area (Å²) >= 11 is 0. The number of hydrogen-bond donors (Lipinski definition) is 3. The molecule has 4 rings (SSSR count). The third-order valence-corrected chi connectivity index (χ3v) is 4.91. The number of nitrogens with one attached hydrogen (secondary N) is 2. The SMILES string of the molecule is NC(=O)C1CN(c2n[nH]c(-c3ccc(F)cc3)c2C2=CC=NCC2)CCN1. The van der Waals surface area contributed by atoms with E-state index in [-0.39, 0.29) is 11.7 Å². The summed E-state index contributed by atoms with van der Waals surface area (Å²) in [7, 11) is 0. The predicted octanol–water partition coefficient (Wildman–Crippen LogP) is 1.34. The van der Waals surface area contributed by atoms with Crippen LogP contribution < -0.4 is 16.0 Å². The molecule has 2 aromatic rings. The van der Waals surface area contributed by atoms with Gasteiger partial charge in [-0.3, -0.25) is 14.9 Å². The first-order valence-electron chi connectivity index (χ1n) is 8.95. The average molecular weight is 368 g/mol. The zero-order valence-corrected chi connectivity index (χ0v) is 14.8. The van der Waals surface area contributed by atoms with Crippen molar-refractivity contribution in [2.45, 2.75) is 12.5 Å². The van der Waals surface area contributed by atoms with Crippen LogP contribution in [0.4, 0.5) is 10.2 Å². The van der Waals surface area contributed by atoms with E-state index in [2.05, 4.69) is 25.4 Å². The lowest BCUT2D eigenvalue weighted by molar-refractivity contribution is -0.120. The second-order valence-electron chi connectivity index (χ2n) is 6.66. The van der Waals surface area contributed by atoms with E-state index < -0.39 is 6.04 Å². The van der Waals surface area contributed by atoms with Crippen LogP contribution in [0.5, 0.6) is 0 Å². The summed E-state index contributed by atoms with van der Waals surface area (Å²) in [4.78, 5) is 17.9. The number of aromatic nitrogens is 2. The number of dihydropyridines is 1. The number of hydrogen-bond acceptors (Lipinski definition) is 5. The monoisotopic (exact) mass is 368 g/mol. The number of benzene rings is 1. The minimum Gasteiger partial charge on any atom is -0.368 e. The summed E-state index contributed by atoms with van der Waals surface area (Å²) in [6.07, 6.45) is 4.58. The van der Waals surface area contributed by atoms with Crippen LogP contribution in [-0.2, 0) is 4.79 Å².